The Hall–Kier alpha value is -0.400. The van der Waals surface area contributed by atoms with Gasteiger partial charge < -0.3 is 5.32 Å². The van der Waals surface area contributed by atoms with Crippen LogP contribution in [-0.2, 0) is 10.0 Å². The third kappa shape index (κ3) is 2.92. The minimum Gasteiger partial charge on any atom is -0.310 e. The van der Waals surface area contributed by atoms with Crippen LogP contribution in [0.2, 0.25) is 10.0 Å². The van der Waals surface area contributed by atoms with Gasteiger partial charge in [0, 0.05) is 25.2 Å². The molecule has 2 bridgehead atoms. The van der Waals surface area contributed by atoms with Crippen molar-refractivity contribution in [2.75, 3.05) is 13.1 Å². The number of sulfonamides is 1. The van der Waals surface area contributed by atoms with Crippen LogP contribution in [0.15, 0.2) is 17.0 Å². The summed E-state index contributed by atoms with van der Waals surface area (Å²) >= 11 is 11.8. The second-order valence-electron chi connectivity index (χ2n) is 5.49. The van der Waals surface area contributed by atoms with Crippen molar-refractivity contribution in [3.8, 4) is 0 Å². The summed E-state index contributed by atoms with van der Waals surface area (Å²) in [5.74, 6) is -0.652. The highest BCUT2D eigenvalue weighted by molar-refractivity contribution is 7.89. The zero-order valence-electron chi connectivity index (χ0n) is 11.2. The van der Waals surface area contributed by atoms with E-state index in [0.29, 0.717) is 19.1 Å². The summed E-state index contributed by atoms with van der Waals surface area (Å²) in [6, 6.07) is 2.48. The van der Waals surface area contributed by atoms with E-state index in [0.717, 1.165) is 31.4 Å². The van der Waals surface area contributed by atoms with E-state index in [1.165, 1.54) is 4.31 Å². The van der Waals surface area contributed by atoms with Crippen LogP contribution in [0.3, 0.4) is 0 Å². The molecule has 2 unspecified atom stereocenters. The maximum absolute atomic E-state index is 13.2. The van der Waals surface area contributed by atoms with Crippen LogP contribution in [0.4, 0.5) is 4.39 Å². The van der Waals surface area contributed by atoms with Gasteiger partial charge in [0.15, 0.2) is 0 Å². The minimum atomic E-state index is -3.82. The first-order chi connectivity index (χ1) is 9.88. The van der Waals surface area contributed by atoms with E-state index in [1.807, 2.05) is 0 Å². The minimum absolute atomic E-state index is 0.158. The van der Waals surface area contributed by atoms with Gasteiger partial charge in [0.25, 0.3) is 0 Å². The molecule has 21 heavy (non-hydrogen) atoms. The molecular weight excluding hydrogens is 338 g/mol. The monoisotopic (exact) mass is 352 g/mol. The topological polar surface area (TPSA) is 49.4 Å². The number of benzene rings is 1. The number of halogens is 3. The summed E-state index contributed by atoms with van der Waals surface area (Å²) in [5, 5.41) is 3.06. The lowest BCUT2D eigenvalue weighted by Crippen LogP contribution is -2.39. The molecule has 3 rings (SSSR count). The first kappa shape index (κ1) is 15.5. The summed E-state index contributed by atoms with van der Waals surface area (Å²) in [5.41, 5.74) is 0. The van der Waals surface area contributed by atoms with E-state index >= 15 is 0 Å². The Morgan fingerprint density at radius 3 is 2.43 bits per heavy atom. The largest absolute Gasteiger partial charge is 0.310 e. The second kappa shape index (κ2) is 5.66. The van der Waals surface area contributed by atoms with E-state index in [9.17, 15) is 12.8 Å². The Balaban J connectivity index is 1.97. The molecule has 2 aliphatic heterocycles. The summed E-state index contributed by atoms with van der Waals surface area (Å²) in [6.45, 7) is 0.809. The molecule has 2 aliphatic rings. The highest BCUT2D eigenvalue weighted by atomic mass is 35.5. The average Bonchev–Trinajstić information content (AvgIpc) is 2.66. The summed E-state index contributed by atoms with van der Waals surface area (Å²) in [4.78, 5) is -0.204. The number of nitrogens with one attached hydrogen (secondary N) is 1. The Morgan fingerprint density at radius 2 is 1.76 bits per heavy atom. The average molecular weight is 353 g/mol. The smallest absolute Gasteiger partial charge is 0.246 e. The van der Waals surface area contributed by atoms with Crippen molar-refractivity contribution in [1.29, 1.82) is 0 Å². The van der Waals surface area contributed by atoms with Crippen molar-refractivity contribution in [3.63, 3.8) is 0 Å². The van der Waals surface area contributed by atoms with Gasteiger partial charge in [-0.1, -0.05) is 23.2 Å². The number of hydrogen-bond acceptors (Lipinski definition) is 3. The molecule has 0 spiro atoms. The Kier molecular flexibility index (Phi) is 4.18. The van der Waals surface area contributed by atoms with Gasteiger partial charge in [-0.15, -0.1) is 0 Å². The highest BCUT2D eigenvalue weighted by Gasteiger charge is 2.36. The van der Waals surface area contributed by atoms with E-state index < -0.39 is 15.8 Å². The van der Waals surface area contributed by atoms with E-state index in [1.54, 1.807) is 0 Å². The number of nitrogens with zero attached hydrogens (tertiary/aromatic N) is 1. The molecule has 1 aromatic rings. The van der Waals surface area contributed by atoms with Crippen LogP contribution in [0, 0.1) is 5.82 Å². The number of rotatable bonds is 2. The van der Waals surface area contributed by atoms with Gasteiger partial charge in [-0.3, -0.25) is 0 Å². The molecule has 1 aromatic carbocycles. The quantitative estimate of drug-likeness (QED) is 0.889. The summed E-state index contributed by atoms with van der Waals surface area (Å²) < 4.78 is 40.2. The lowest BCUT2D eigenvalue weighted by atomic mass is 10.1. The number of fused-ring (bicyclic) bond motifs is 2. The zero-order valence-corrected chi connectivity index (χ0v) is 13.5. The van der Waals surface area contributed by atoms with Crippen LogP contribution in [0.5, 0.6) is 0 Å². The SMILES string of the molecule is O=S(=O)(c1c(Cl)cc(F)cc1Cl)N1CCC2CCC(C1)N2. The molecule has 2 fully saturated rings. The van der Waals surface area contributed by atoms with Gasteiger partial charge in [-0.2, -0.15) is 4.31 Å². The number of hydrogen-bond donors (Lipinski definition) is 1. The zero-order chi connectivity index (χ0) is 15.2. The Labute approximate surface area is 133 Å². The predicted octanol–water partition coefficient (Wildman–Crippen LogP) is 2.65. The fourth-order valence-corrected chi connectivity index (χ4v) is 5.67. The fourth-order valence-electron chi connectivity index (χ4n) is 3.03. The molecule has 2 heterocycles. The van der Waals surface area contributed by atoms with Gasteiger partial charge in [0.05, 0.1) is 10.0 Å². The van der Waals surface area contributed by atoms with Gasteiger partial charge >= 0.3 is 0 Å². The molecule has 2 saturated heterocycles. The first-order valence-corrected chi connectivity index (χ1v) is 8.98. The van der Waals surface area contributed by atoms with Crippen molar-refractivity contribution in [3.05, 3.63) is 28.0 Å². The molecule has 116 valence electrons. The molecule has 1 N–H and O–H groups in total. The lowest BCUT2D eigenvalue weighted by molar-refractivity contribution is 0.383. The van der Waals surface area contributed by atoms with E-state index in [2.05, 4.69) is 5.32 Å². The molecule has 4 nitrogen and oxygen atoms in total. The van der Waals surface area contributed by atoms with Gasteiger partial charge in [0.2, 0.25) is 10.0 Å². The summed E-state index contributed by atoms with van der Waals surface area (Å²) in [6.07, 6.45) is 2.80. The van der Waals surface area contributed by atoms with Crippen LogP contribution < -0.4 is 5.32 Å². The fraction of sp³-hybridized carbons (Fsp3) is 0.538. The van der Waals surface area contributed by atoms with Crippen LogP contribution >= 0.6 is 23.2 Å². The maximum Gasteiger partial charge on any atom is 0.246 e. The van der Waals surface area contributed by atoms with Crippen LogP contribution in [-0.4, -0.2) is 37.9 Å². The normalized spacial score (nSPS) is 26.8. The van der Waals surface area contributed by atoms with Crippen molar-refractivity contribution in [1.82, 2.24) is 9.62 Å². The molecule has 0 aromatic heterocycles. The van der Waals surface area contributed by atoms with Crippen molar-refractivity contribution < 1.29 is 12.8 Å². The van der Waals surface area contributed by atoms with Crippen molar-refractivity contribution >= 4 is 33.2 Å². The predicted molar refractivity (Wildman–Crippen MR) is 79.7 cm³/mol. The summed E-state index contributed by atoms with van der Waals surface area (Å²) in [7, 11) is -3.82. The molecule has 0 radical (unpaired) electrons. The lowest BCUT2D eigenvalue weighted by Gasteiger charge is -2.24. The molecule has 2 atom stereocenters. The van der Waals surface area contributed by atoms with Crippen molar-refractivity contribution in [2.24, 2.45) is 0 Å². The van der Waals surface area contributed by atoms with Crippen LogP contribution in [0.25, 0.3) is 0 Å². The van der Waals surface area contributed by atoms with Gasteiger partial charge in [-0.25, -0.2) is 12.8 Å². The molecule has 8 heteroatoms. The van der Waals surface area contributed by atoms with Gasteiger partial charge in [-0.05, 0) is 31.4 Å². The van der Waals surface area contributed by atoms with Crippen LogP contribution in [0.1, 0.15) is 19.3 Å². The Bertz CT molecular complexity index is 645. The molecule has 0 amide bonds. The first-order valence-electron chi connectivity index (χ1n) is 6.78. The van der Waals surface area contributed by atoms with Crippen molar-refractivity contribution in [2.45, 2.75) is 36.2 Å². The highest BCUT2D eigenvalue weighted by Crippen LogP contribution is 2.34. The standard InChI is InChI=1S/C13H15Cl2FN2O2S/c14-11-5-8(16)6-12(15)13(11)21(19,20)18-4-3-9-1-2-10(7-18)17-9/h5-6,9-10,17H,1-4,7H2. The molecule has 0 aliphatic carbocycles. The van der Waals surface area contributed by atoms with E-state index in [-0.39, 0.29) is 21.0 Å². The Morgan fingerprint density at radius 1 is 1.14 bits per heavy atom. The van der Waals surface area contributed by atoms with Gasteiger partial charge in [0.1, 0.15) is 10.7 Å². The third-order valence-electron chi connectivity index (χ3n) is 4.05. The molecular formula is C13H15Cl2FN2O2S. The third-order valence-corrected chi connectivity index (χ3v) is 6.83. The maximum atomic E-state index is 13.2. The second-order valence-corrected chi connectivity index (χ2v) is 8.18. The molecule has 0 saturated carbocycles. The van der Waals surface area contributed by atoms with E-state index in [4.69, 9.17) is 23.2 Å².